The van der Waals surface area contributed by atoms with Gasteiger partial charge in [-0.15, -0.1) is 0 Å². The predicted octanol–water partition coefficient (Wildman–Crippen LogP) is 1.38. The summed E-state index contributed by atoms with van der Waals surface area (Å²) < 4.78 is 99.5. The fraction of sp³-hybridized carbons (Fsp3) is 0. The van der Waals surface area contributed by atoms with Crippen molar-refractivity contribution in [1.82, 2.24) is 0 Å². The summed E-state index contributed by atoms with van der Waals surface area (Å²) in [5, 5.41) is 9.54. The second-order valence-corrected chi connectivity index (χ2v) is 10.4. The Bertz CT molecular complexity index is 1620. The average molecular weight is 482 g/mol. The van der Waals surface area contributed by atoms with E-state index < -0.39 is 50.8 Å². The molecule has 0 aliphatic heterocycles. The van der Waals surface area contributed by atoms with Crippen molar-refractivity contribution in [3.63, 3.8) is 0 Å². The van der Waals surface area contributed by atoms with Crippen molar-refractivity contribution in [2.75, 3.05) is 0 Å². The van der Waals surface area contributed by atoms with Crippen LogP contribution in [0.4, 0.5) is 0 Å². The molecule has 14 heteroatoms. The van der Waals surface area contributed by atoms with Crippen LogP contribution in [0.2, 0.25) is 0 Å². The summed E-state index contributed by atoms with van der Waals surface area (Å²) in [5.74, 6) is -0.579. The van der Waals surface area contributed by atoms with Crippen LogP contribution >= 0.6 is 0 Å². The van der Waals surface area contributed by atoms with E-state index in [0.717, 1.165) is 18.2 Å². The molecular weight excluding hydrogens is 471 g/mol. The van der Waals surface area contributed by atoms with Gasteiger partial charge >= 0.3 is 29.6 Å². The van der Waals surface area contributed by atoms with Gasteiger partial charge in [0.2, 0.25) is 0 Å². The number of rotatable bonds is 3. The van der Waals surface area contributed by atoms with Gasteiger partial charge in [-0.1, -0.05) is 18.2 Å². The number of phenolic OH excluding ortho intramolecular Hbond substituents is 1. The molecule has 0 heterocycles. The van der Waals surface area contributed by atoms with Crippen LogP contribution in [0.3, 0.4) is 0 Å². The summed E-state index contributed by atoms with van der Waals surface area (Å²) in [5.41, 5.74) is 0. The summed E-state index contributed by atoms with van der Waals surface area (Å²) in [6.45, 7) is 0. The van der Waals surface area contributed by atoms with Gasteiger partial charge in [0, 0.05) is 38.4 Å². The number of hydrogen-bond donors (Lipinski definition) is 4. The molecule has 0 fully saturated rings. The first-order valence-corrected chi connectivity index (χ1v) is 11.9. The molecule has 10 nitrogen and oxygen atoms in total. The molecular formula is C16H11NaO10S3. The molecule has 154 valence electrons. The summed E-state index contributed by atoms with van der Waals surface area (Å²) in [6.07, 6.45) is 0. The van der Waals surface area contributed by atoms with E-state index in [4.69, 9.17) is 0 Å². The normalized spacial score (nSPS) is 13.2. The van der Waals surface area contributed by atoms with E-state index in [9.17, 15) is 44.0 Å². The Morgan fingerprint density at radius 2 is 0.833 bits per heavy atom. The van der Waals surface area contributed by atoms with Crippen molar-refractivity contribution in [2.45, 2.75) is 14.7 Å². The number of benzene rings is 4. The van der Waals surface area contributed by atoms with Gasteiger partial charge in [-0.05, 0) is 12.1 Å². The molecule has 0 saturated heterocycles. The van der Waals surface area contributed by atoms with Crippen LogP contribution in [0.5, 0.6) is 5.75 Å². The maximum absolute atomic E-state index is 11.8. The SMILES string of the molecule is O=S(=O)(O)c1cc(O)c2ccc3c(S(=O)(=O)O)cc(S(=O)(=O)O)c4ccc1c2c34.[NaH]. The Balaban J connectivity index is 0.00000256. The van der Waals surface area contributed by atoms with Crippen molar-refractivity contribution >= 4 is 92.2 Å². The molecule has 30 heavy (non-hydrogen) atoms. The Labute approximate surface area is 192 Å². The zero-order chi connectivity index (χ0) is 21.5. The first-order valence-electron chi connectivity index (χ1n) is 7.61. The molecule has 0 amide bonds. The Hall–Kier alpha value is -1.55. The molecule has 0 aromatic heterocycles. The van der Waals surface area contributed by atoms with Gasteiger partial charge in [0.25, 0.3) is 30.4 Å². The minimum atomic E-state index is -4.96. The van der Waals surface area contributed by atoms with Crippen LogP contribution in [0.25, 0.3) is 32.3 Å². The van der Waals surface area contributed by atoms with Crippen LogP contribution in [-0.2, 0) is 30.4 Å². The summed E-state index contributed by atoms with van der Waals surface area (Å²) >= 11 is 0. The van der Waals surface area contributed by atoms with Crippen LogP contribution in [0.15, 0.2) is 51.1 Å². The standard InChI is InChI=1S/C16H10O10S3.Na.H/c17-11-5-12(27(18,19)20)8-3-4-10-14(29(24,25)26)6-13(28(21,22)23)9-2-1-7(11)15(8)16(9)10;;/h1-6,17H,(H,18,19,20)(H,21,22,23)(H,24,25,26);;. The van der Waals surface area contributed by atoms with Gasteiger partial charge in [-0.2, -0.15) is 25.3 Å². The first-order chi connectivity index (χ1) is 13.2. The quantitative estimate of drug-likeness (QED) is 0.189. The van der Waals surface area contributed by atoms with Gasteiger partial charge in [0.15, 0.2) is 0 Å². The van der Waals surface area contributed by atoms with Crippen molar-refractivity contribution < 1.29 is 44.0 Å². The fourth-order valence-corrected chi connectivity index (χ4v) is 5.73. The molecule has 0 radical (unpaired) electrons. The van der Waals surface area contributed by atoms with E-state index in [1.165, 1.54) is 12.1 Å². The minimum absolute atomic E-state index is 0. The van der Waals surface area contributed by atoms with Crippen molar-refractivity contribution in [3.8, 4) is 5.75 Å². The van der Waals surface area contributed by atoms with E-state index in [-0.39, 0.29) is 61.9 Å². The van der Waals surface area contributed by atoms with Crippen molar-refractivity contribution in [3.05, 3.63) is 36.4 Å². The van der Waals surface area contributed by atoms with Crippen molar-refractivity contribution in [1.29, 1.82) is 0 Å². The molecule has 4 aromatic rings. The van der Waals surface area contributed by atoms with Gasteiger partial charge in [0.05, 0.1) is 0 Å². The van der Waals surface area contributed by atoms with Gasteiger partial charge in [-0.25, -0.2) is 0 Å². The van der Waals surface area contributed by atoms with Crippen molar-refractivity contribution in [2.24, 2.45) is 0 Å². The Morgan fingerprint density at radius 1 is 0.533 bits per heavy atom. The summed E-state index contributed by atoms with van der Waals surface area (Å²) in [4.78, 5) is -2.38. The molecule has 4 N–H and O–H groups in total. The van der Waals surface area contributed by atoms with Gasteiger partial charge in [0.1, 0.15) is 20.4 Å². The molecule has 4 aromatic carbocycles. The van der Waals surface area contributed by atoms with E-state index in [1.807, 2.05) is 0 Å². The third-order valence-electron chi connectivity index (χ3n) is 4.60. The van der Waals surface area contributed by atoms with Crippen LogP contribution < -0.4 is 0 Å². The molecule has 0 aliphatic rings. The molecule has 0 spiro atoms. The molecule has 0 unspecified atom stereocenters. The monoisotopic (exact) mass is 482 g/mol. The first kappa shape index (κ1) is 23.1. The third-order valence-corrected chi connectivity index (χ3v) is 7.28. The second-order valence-electron chi connectivity index (χ2n) is 6.26. The van der Waals surface area contributed by atoms with Gasteiger partial charge in [-0.3, -0.25) is 13.7 Å². The van der Waals surface area contributed by atoms with E-state index in [2.05, 4.69) is 0 Å². The zero-order valence-electron chi connectivity index (χ0n) is 13.9. The molecule has 0 atom stereocenters. The summed E-state index contributed by atoms with van der Waals surface area (Å²) in [7, 11) is -14.8. The summed E-state index contributed by atoms with van der Waals surface area (Å²) in [6, 6.07) is 6.07. The third kappa shape index (κ3) is 3.45. The predicted molar refractivity (Wildman–Crippen MR) is 108 cm³/mol. The van der Waals surface area contributed by atoms with E-state index >= 15 is 0 Å². The number of hydrogen-bond acceptors (Lipinski definition) is 7. The Morgan fingerprint density at radius 3 is 1.20 bits per heavy atom. The van der Waals surface area contributed by atoms with Crippen LogP contribution in [0, 0.1) is 0 Å². The van der Waals surface area contributed by atoms with Gasteiger partial charge < -0.3 is 5.11 Å². The average Bonchev–Trinajstić information content (AvgIpc) is 2.57. The topological polar surface area (TPSA) is 183 Å². The molecule has 0 aliphatic carbocycles. The second kappa shape index (κ2) is 6.98. The fourth-order valence-electron chi connectivity index (χ4n) is 3.52. The molecule has 0 bridgehead atoms. The maximum atomic E-state index is 11.8. The number of aromatic hydroxyl groups is 1. The van der Waals surface area contributed by atoms with E-state index in [0.29, 0.717) is 6.07 Å². The number of phenols is 1. The zero-order valence-corrected chi connectivity index (χ0v) is 16.4. The molecule has 4 rings (SSSR count). The Kier molecular flexibility index (Phi) is 5.38. The molecule has 0 saturated carbocycles. The van der Waals surface area contributed by atoms with Crippen LogP contribution in [0.1, 0.15) is 0 Å². The van der Waals surface area contributed by atoms with E-state index in [1.54, 1.807) is 0 Å². The van der Waals surface area contributed by atoms with Crippen LogP contribution in [-0.4, -0.2) is 73.6 Å².